The van der Waals surface area contributed by atoms with Crippen LogP contribution in [-0.4, -0.2) is 61.1 Å². The first kappa shape index (κ1) is 17.3. The van der Waals surface area contributed by atoms with Crippen molar-refractivity contribution in [3.63, 3.8) is 0 Å². The van der Waals surface area contributed by atoms with Crippen molar-refractivity contribution in [3.8, 4) is 0 Å². The Labute approximate surface area is 109 Å². The lowest BCUT2D eigenvalue weighted by atomic mass is 10.1. The van der Waals surface area contributed by atoms with E-state index >= 15 is 0 Å². The van der Waals surface area contributed by atoms with Crippen LogP contribution in [0.1, 0.15) is 27.2 Å². The second-order valence-electron chi connectivity index (χ2n) is 5.19. The molecule has 0 aliphatic carbocycles. The van der Waals surface area contributed by atoms with Gasteiger partial charge in [0.2, 0.25) is 5.91 Å². The van der Waals surface area contributed by atoms with Gasteiger partial charge in [-0.15, -0.1) is 0 Å². The predicted molar refractivity (Wildman–Crippen MR) is 70.9 cm³/mol. The molecule has 18 heavy (non-hydrogen) atoms. The summed E-state index contributed by atoms with van der Waals surface area (Å²) in [5.41, 5.74) is 4.68. The molecule has 0 bridgehead atoms. The summed E-state index contributed by atoms with van der Waals surface area (Å²) in [7, 11) is -3.12. The summed E-state index contributed by atoms with van der Waals surface area (Å²) in [5.74, 6) is -0.441. The van der Waals surface area contributed by atoms with Crippen molar-refractivity contribution in [1.29, 1.82) is 0 Å². The lowest BCUT2D eigenvalue weighted by Gasteiger charge is -2.30. The zero-order chi connectivity index (χ0) is 14.6. The Hall–Kier alpha value is -0.660. The van der Waals surface area contributed by atoms with Gasteiger partial charge in [0.05, 0.1) is 17.4 Å². The molecule has 3 N–H and O–H groups in total. The number of carbonyl (C=O) groups excluding carboxylic acids is 1. The Kier molecular flexibility index (Phi) is 6.25. The van der Waals surface area contributed by atoms with Crippen molar-refractivity contribution in [2.45, 2.75) is 38.8 Å². The maximum Gasteiger partial charge on any atom is 0.239 e. The van der Waals surface area contributed by atoms with E-state index in [4.69, 9.17) is 5.73 Å². The molecule has 0 rings (SSSR count). The molecule has 1 atom stereocenters. The molecule has 0 saturated heterocycles. The summed E-state index contributed by atoms with van der Waals surface area (Å²) >= 11 is 0. The smallest absolute Gasteiger partial charge is 0.239 e. The number of carbonyl (C=O) groups is 1. The molecule has 6 nitrogen and oxygen atoms in total. The van der Waals surface area contributed by atoms with E-state index < -0.39 is 21.5 Å². The van der Waals surface area contributed by atoms with Crippen LogP contribution < -0.4 is 5.73 Å². The average molecular weight is 280 g/mol. The van der Waals surface area contributed by atoms with Gasteiger partial charge in [0.25, 0.3) is 0 Å². The lowest BCUT2D eigenvalue weighted by molar-refractivity contribution is -0.135. The Morgan fingerprint density at radius 1 is 1.44 bits per heavy atom. The van der Waals surface area contributed by atoms with Gasteiger partial charge in [-0.1, -0.05) is 0 Å². The number of sulfone groups is 1. The van der Waals surface area contributed by atoms with E-state index in [1.807, 2.05) is 0 Å². The molecule has 7 heteroatoms. The van der Waals surface area contributed by atoms with Crippen molar-refractivity contribution < 1.29 is 18.3 Å². The fourth-order valence-corrected chi connectivity index (χ4v) is 2.19. The molecule has 1 unspecified atom stereocenters. The minimum atomic E-state index is -3.12. The summed E-state index contributed by atoms with van der Waals surface area (Å²) in [6.07, 6.45) is 1.21. The molecule has 0 heterocycles. The van der Waals surface area contributed by atoms with Gasteiger partial charge in [0, 0.05) is 19.3 Å². The number of amides is 1. The van der Waals surface area contributed by atoms with Crippen molar-refractivity contribution in [1.82, 2.24) is 4.90 Å². The topological polar surface area (TPSA) is 101 Å². The molecule has 0 fully saturated rings. The molecule has 0 saturated carbocycles. The van der Waals surface area contributed by atoms with Gasteiger partial charge in [0.15, 0.2) is 0 Å². The van der Waals surface area contributed by atoms with Gasteiger partial charge in [-0.05, 0) is 27.2 Å². The van der Waals surface area contributed by atoms with E-state index in [1.165, 1.54) is 4.90 Å². The Bertz CT molecular complexity index is 373. The standard InChI is InChI=1S/C11H24N2O4S/c1-5-13(8-11(2,3)15)10(14)9(12)6-7-18(4,16)17/h9,15H,5-8,12H2,1-4H3. The van der Waals surface area contributed by atoms with Gasteiger partial charge in [-0.3, -0.25) is 4.79 Å². The van der Waals surface area contributed by atoms with E-state index in [2.05, 4.69) is 0 Å². The maximum atomic E-state index is 12.0. The van der Waals surface area contributed by atoms with Crippen LogP contribution in [0.15, 0.2) is 0 Å². The largest absolute Gasteiger partial charge is 0.389 e. The minimum absolute atomic E-state index is 0.0972. The number of nitrogens with zero attached hydrogens (tertiary/aromatic N) is 1. The van der Waals surface area contributed by atoms with Crippen molar-refractivity contribution >= 4 is 15.7 Å². The van der Waals surface area contributed by atoms with Crippen LogP contribution in [0, 0.1) is 0 Å². The molecule has 108 valence electrons. The van der Waals surface area contributed by atoms with E-state index in [-0.39, 0.29) is 24.6 Å². The Morgan fingerprint density at radius 2 is 1.94 bits per heavy atom. The second kappa shape index (κ2) is 6.49. The summed E-state index contributed by atoms with van der Waals surface area (Å²) in [5, 5.41) is 9.68. The number of aliphatic hydroxyl groups is 1. The van der Waals surface area contributed by atoms with Crippen LogP contribution in [0.5, 0.6) is 0 Å². The normalized spacial score (nSPS) is 14.3. The number of hydrogen-bond donors (Lipinski definition) is 2. The zero-order valence-electron chi connectivity index (χ0n) is 11.5. The number of likely N-dealkylation sites (N-methyl/N-ethyl adjacent to an activating group) is 1. The van der Waals surface area contributed by atoms with E-state index in [0.717, 1.165) is 6.26 Å². The first-order valence-electron chi connectivity index (χ1n) is 5.90. The van der Waals surface area contributed by atoms with Gasteiger partial charge in [-0.25, -0.2) is 8.42 Å². The summed E-state index contributed by atoms with van der Waals surface area (Å²) in [4.78, 5) is 13.4. The second-order valence-corrected chi connectivity index (χ2v) is 7.45. The fourth-order valence-electron chi connectivity index (χ4n) is 1.51. The Morgan fingerprint density at radius 3 is 2.28 bits per heavy atom. The molecule has 0 spiro atoms. The predicted octanol–water partition coefficient (Wildman–Crippen LogP) is -0.632. The van der Waals surface area contributed by atoms with Crippen LogP contribution >= 0.6 is 0 Å². The highest BCUT2D eigenvalue weighted by molar-refractivity contribution is 7.90. The highest BCUT2D eigenvalue weighted by atomic mass is 32.2. The molecular weight excluding hydrogens is 256 g/mol. The number of nitrogens with two attached hydrogens (primary N) is 1. The highest BCUT2D eigenvalue weighted by Gasteiger charge is 2.25. The van der Waals surface area contributed by atoms with Gasteiger partial charge < -0.3 is 15.7 Å². The molecule has 1 amide bonds. The van der Waals surface area contributed by atoms with Crippen LogP contribution in [0.3, 0.4) is 0 Å². The molecule has 0 radical (unpaired) electrons. The fraction of sp³-hybridized carbons (Fsp3) is 0.909. The zero-order valence-corrected chi connectivity index (χ0v) is 12.3. The van der Waals surface area contributed by atoms with Crippen molar-refractivity contribution in [3.05, 3.63) is 0 Å². The van der Waals surface area contributed by atoms with Crippen molar-refractivity contribution in [2.75, 3.05) is 25.1 Å². The molecular formula is C11H24N2O4S. The van der Waals surface area contributed by atoms with E-state index in [9.17, 15) is 18.3 Å². The van der Waals surface area contributed by atoms with Crippen LogP contribution in [0.4, 0.5) is 0 Å². The molecule has 0 aromatic carbocycles. The van der Waals surface area contributed by atoms with Gasteiger partial charge in [-0.2, -0.15) is 0 Å². The molecule has 0 aromatic heterocycles. The molecule has 0 aliphatic rings. The summed E-state index contributed by atoms with van der Waals surface area (Å²) in [6, 6.07) is -0.845. The summed E-state index contributed by atoms with van der Waals surface area (Å²) < 4.78 is 22.0. The Balaban J connectivity index is 4.50. The lowest BCUT2D eigenvalue weighted by Crippen LogP contribution is -2.49. The quantitative estimate of drug-likeness (QED) is 0.646. The number of rotatable bonds is 7. The van der Waals surface area contributed by atoms with E-state index in [0.29, 0.717) is 6.54 Å². The first-order valence-corrected chi connectivity index (χ1v) is 7.97. The average Bonchev–Trinajstić information content (AvgIpc) is 2.19. The highest BCUT2D eigenvalue weighted by Crippen LogP contribution is 2.07. The molecule has 0 aliphatic heterocycles. The third-order valence-corrected chi connectivity index (χ3v) is 3.37. The maximum absolute atomic E-state index is 12.0. The number of hydrogen-bond acceptors (Lipinski definition) is 5. The molecule has 0 aromatic rings. The van der Waals surface area contributed by atoms with Crippen LogP contribution in [-0.2, 0) is 14.6 Å². The SMILES string of the molecule is CCN(CC(C)(C)O)C(=O)C(N)CCS(C)(=O)=O. The monoisotopic (exact) mass is 280 g/mol. The third-order valence-electron chi connectivity index (χ3n) is 2.39. The summed E-state index contributed by atoms with van der Waals surface area (Å²) in [6.45, 7) is 5.59. The van der Waals surface area contributed by atoms with Crippen LogP contribution in [0.25, 0.3) is 0 Å². The van der Waals surface area contributed by atoms with E-state index in [1.54, 1.807) is 20.8 Å². The minimum Gasteiger partial charge on any atom is -0.389 e. The first-order chi connectivity index (χ1) is 7.96. The van der Waals surface area contributed by atoms with Gasteiger partial charge in [0.1, 0.15) is 9.84 Å². The third kappa shape index (κ3) is 7.62. The van der Waals surface area contributed by atoms with Gasteiger partial charge >= 0.3 is 0 Å². The van der Waals surface area contributed by atoms with Crippen LogP contribution in [0.2, 0.25) is 0 Å². The van der Waals surface area contributed by atoms with Crippen molar-refractivity contribution in [2.24, 2.45) is 5.73 Å².